The zero-order chi connectivity index (χ0) is 11.5. The highest BCUT2D eigenvalue weighted by molar-refractivity contribution is 9.10. The number of nitrogens with zero attached hydrogens (tertiary/aromatic N) is 2. The molecule has 2 heterocycles. The number of halogens is 1. The number of hydrogen-bond donors (Lipinski definition) is 1. The van der Waals surface area contributed by atoms with Crippen LogP contribution in [0, 0.1) is 0 Å². The van der Waals surface area contributed by atoms with Gasteiger partial charge in [-0.1, -0.05) is 0 Å². The molecule has 0 saturated heterocycles. The van der Waals surface area contributed by atoms with Gasteiger partial charge in [-0.15, -0.1) is 0 Å². The van der Waals surface area contributed by atoms with Crippen molar-refractivity contribution >= 4 is 21.8 Å². The molecule has 5 nitrogen and oxygen atoms in total. The van der Waals surface area contributed by atoms with E-state index in [9.17, 15) is 4.79 Å². The number of aromatic nitrogens is 2. The molecule has 0 radical (unpaired) electrons. The molecule has 16 heavy (non-hydrogen) atoms. The lowest BCUT2D eigenvalue weighted by atomic mass is 10.4. The van der Waals surface area contributed by atoms with Crippen LogP contribution >= 0.6 is 15.9 Å². The van der Waals surface area contributed by atoms with Crippen LogP contribution in [0.5, 0.6) is 0 Å². The van der Waals surface area contributed by atoms with Gasteiger partial charge >= 0.3 is 0 Å². The van der Waals surface area contributed by atoms with Gasteiger partial charge in [-0.05, 0) is 28.1 Å². The van der Waals surface area contributed by atoms with Gasteiger partial charge < -0.3 is 9.73 Å². The average Bonchev–Trinajstić information content (AvgIpc) is 2.87. The number of nitrogens with one attached hydrogen (secondary N) is 1. The maximum Gasteiger partial charge on any atom is 0.287 e. The minimum Gasteiger partial charge on any atom is -0.459 e. The molecule has 84 valence electrons. The van der Waals surface area contributed by atoms with Gasteiger partial charge in [0.1, 0.15) is 0 Å². The highest BCUT2D eigenvalue weighted by Crippen LogP contribution is 2.14. The summed E-state index contributed by atoms with van der Waals surface area (Å²) < 4.78 is 7.55. The molecule has 0 saturated carbocycles. The van der Waals surface area contributed by atoms with Crippen molar-refractivity contribution in [3.8, 4) is 0 Å². The predicted molar refractivity (Wildman–Crippen MR) is 60.8 cm³/mol. The van der Waals surface area contributed by atoms with Crippen molar-refractivity contribution in [3.63, 3.8) is 0 Å². The Balaban J connectivity index is 2.01. The third-order valence-electron chi connectivity index (χ3n) is 2.17. The molecule has 2 aromatic rings. The maximum absolute atomic E-state index is 11.6. The Morgan fingerprint density at radius 3 is 3.06 bits per heavy atom. The molecule has 0 bridgehead atoms. The molecule has 2 aromatic heterocycles. The van der Waals surface area contributed by atoms with Crippen LogP contribution < -0.4 is 5.32 Å². The van der Waals surface area contributed by atoms with Crippen molar-refractivity contribution in [2.75, 3.05) is 0 Å². The van der Waals surface area contributed by atoms with E-state index >= 15 is 0 Å². The molecule has 0 aliphatic rings. The molecule has 0 aliphatic heterocycles. The summed E-state index contributed by atoms with van der Waals surface area (Å²) in [5.74, 6) is 0.0661. The molecular weight excluding hydrogens is 274 g/mol. The first-order valence-electron chi connectivity index (χ1n) is 4.66. The van der Waals surface area contributed by atoms with Gasteiger partial charge in [-0.25, -0.2) is 0 Å². The number of carbonyl (C=O) groups is 1. The van der Waals surface area contributed by atoms with Gasteiger partial charge in [0.15, 0.2) is 5.76 Å². The highest BCUT2D eigenvalue weighted by Gasteiger charge is 2.10. The lowest BCUT2D eigenvalue weighted by Gasteiger charge is -2.04. The molecule has 0 fully saturated rings. The number of hydrogen-bond acceptors (Lipinski definition) is 3. The van der Waals surface area contributed by atoms with E-state index in [1.165, 1.54) is 6.26 Å². The van der Waals surface area contributed by atoms with E-state index in [1.54, 1.807) is 23.0 Å². The lowest BCUT2D eigenvalue weighted by Crippen LogP contribution is -2.23. The highest BCUT2D eigenvalue weighted by atomic mass is 79.9. The van der Waals surface area contributed by atoms with Crippen molar-refractivity contribution in [3.05, 3.63) is 40.5 Å². The minimum atomic E-state index is -0.238. The molecule has 2 rings (SSSR count). The summed E-state index contributed by atoms with van der Waals surface area (Å²) in [6.07, 6.45) is 3.16. The van der Waals surface area contributed by atoms with Gasteiger partial charge in [-0.3, -0.25) is 9.48 Å². The minimum absolute atomic E-state index is 0.238. The SMILES string of the molecule is Cn1ncc(Br)c1CNC(=O)c1ccco1. The number of furan rings is 1. The number of carbonyl (C=O) groups excluding carboxylic acids is 1. The molecule has 0 aromatic carbocycles. The first-order chi connectivity index (χ1) is 7.68. The summed E-state index contributed by atoms with van der Waals surface area (Å²) >= 11 is 3.36. The van der Waals surface area contributed by atoms with E-state index in [0.29, 0.717) is 12.3 Å². The van der Waals surface area contributed by atoms with Crippen molar-refractivity contribution in [2.24, 2.45) is 7.05 Å². The Kier molecular flexibility index (Phi) is 3.09. The quantitative estimate of drug-likeness (QED) is 0.933. The van der Waals surface area contributed by atoms with Gasteiger partial charge in [0, 0.05) is 7.05 Å². The molecule has 0 spiro atoms. The third-order valence-corrected chi connectivity index (χ3v) is 2.83. The molecule has 0 atom stereocenters. The molecule has 0 aliphatic carbocycles. The Morgan fingerprint density at radius 1 is 1.69 bits per heavy atom. The summed E-state index contributed by atoms with van der Waals surface area (Å²) in [7, 11) is 1.82. The van der Waals surface area contributed by atoms with E-state index in [4.69, 9.17) is 4.42 Å². The number of rotatable bonds is 3. The first kappa shape index (κ1) is 10.9. The fourth-order valence-corrected chi connectivity index (χ4v) is 1.78. The van der Waals surface area contributed by atoms with E-state index in [1.807, 2.05) is 7.05 Å². The van der Waals surface area contributed by atoms with Gasteiger partial charge in [0.05, 0.1) is 29.2 Å². The predicted octanol–water partition coefficient (Wildman–Crippen LogP) is 1.71. The molecule has 0 unspecified atom stereocenters. The van der Waals surface area contributed by atoms with Crippen molar-refractivity contribution in [2.45, 2.75) is 6.54 Å². The van der Waals surface area contributed by atoms with Gasteiger partial charge in [0.2, 0.25) is 0 Å². The van der Waals surface area contributed by atoms with Crippen LogP contribution in [-0.4, -0.2) is 15.7 Å². The summed E-state index contributed by atoms with van der Waals surface area (Å²) in [4.78, 5) is 11.6. The fourth-order valence-electron chi connectivity index (χ4n) is 1.29. The monoisotopic (exact) mass is 283 g/mol. The van der Waals surface area contributed by atoms with Crippen molar-refractivity contribution < 1.29 is 9.21 Å². The van der Waals surface area contributed by atoms with Crippen LogP contribution in [0.3, 0.4) is 0 Å². The van der Waals surface area contributed by atoms with Gasteiger partial charge in [0.25, 0.3) is 5.91 Å². The Hall–Kier alpha value is -1.56. The lowest BCUT2D eigenvalue weighted by molar-refractivity contribution is 0.0922. The fraction of sp³-hybridized carbons (Fsp3) is 0.200. The Morgan fingerprint density at radius 2 is 2.50 bits per heavy atom. The van der Waals surface area contributed by atoms with Crippen LogP contribution in [0.1, 0.15) is 16.2 Å². The van der Waals surface area contributed by atoms with E-state index < -0.39 is 0 Å². The second-order valence-electron chi connectivity index (χ2n) is 3.22. The van der Waals surface area contributed by atoms with E-state index in [-0.39, 0.29) is 5.91 Å². The topological polar surface area (TPSA) is 60.1 Å². The van der Waals surface area contributed by atoms with E-state index in [0.717, 1.165) is 10.2 Å². The number of aryl methyl sites for hydroxylation is 1. The smallest absolute Gasteiger partial charge is 0.287 e. The van der Waals surface area contributed by atoms with Gasteiger partial charge in [-0.2, -0.15) is 5.10 Å². The first-order valence-corrected chi connectivity index (χ1v) is 5.46. The third kappa shape index (κ3) is 2.16. The molecule has 6 heteroatoms. The Bertz CT molecular complexity index is 471. The zero-order valence-electron chi connectivity index (χ0n) is 8.61. The standard InChI is InChI=1S/C10H10BrN3O2/c1-14-8(7(11)5-13-14)6-12-10(15)9-3-2-4-16-9/h2-5H,6H2,1H3,(H,12,15). The molecular formula is C10H10BrN3O2. The van der Waals surface area contributed by atoms with Crippen LogP contribution in [-0.2, 0) is 13.6 Å². The summed E-state index contributed by atoms with van der Waals surface area (Å²) in [6, 6.07) is 3.29. The van der Waals surface area contributed by atoms with Crippen molar-refractivity contribution in [1.29, 1.82) is 0 Å². The largest absolute Gasteiger partial charge is 0.459 e. The zero-order valence-corrected chi connectivity index (χ0v) is 10.2. The normalized spacial score (nSPS) is 10.4. The summed E-state index contributed by atoms with van der Waals surface area (Å²) in [6.45, 7) is 0.399. The average molecular weight is 284 g/mol. The summed E-state index contributed by atoms with van der Waals surface area (Å²) in [5, 5.41) is 6.80. The Labute approximate surface area is 101 Å². The summed E-state index contributed by atoms with van der Waals surface area (Å²) in [5.41, 5.74) is 0.903. The van der Waals surface area contributed by atoms with Crippen LogP contribution in [0.4, 0.5) is 0 Å². The van der Waals surface area contributed by atoms with Crippen LogP contribution in [0.25, 0.3) is 0 Å². The van der Waals surface area contributed by atoms with Crippen LogP contribution in [0.15, 0.2) is 33.5 Å². The van der Waals surface area contributed by atoms with Crippen molar-refractivity contribution in [1.82, 2.24) is 15.1 Å². The van der Waals surface area contributed by atoms with Crippen LogP contribution in [0.2, 0.25) is 0 Å². The molecule has 1 N–H and O–H groups in total. The second-order valence-corrected chi connectivity index (χ2v) is 4.08. The second kappa shape index (κ2) is 4.52. The van der Waals surface area contributed by atoms with E-state index in [2.05, 4.69) is 26.3 Å². The molecule has 1 amide bonds. The maximum atomic E-state index is 11.6. The number of amides is 1.